The SMILES string of the molecule is CSCC[C@H](NC(=O)[C@@H](NC(=O)[C@H](Cc1ccccc1)NC(=O)[C@@H](NC(=O)[C@H](CC(=O)O)NC(=O)CNC(=O)[C@H](CCCNC(=N)N)NC(=O)[C@@H](NC(=O)[C@@H](NC(=O)[C@H](CCC(N)=O)NC(=O)[C@@H]1CCCN1C(=O)CNC(=O)[C@H](CCCCN)NC(C)=O)C(C)C)[C@@H](C)O)C(C)C)[C@@H](C)O)C(=O)N1CCC[C@H]1C(N)=O. The monoisotopic (exact) mass is 1570 g/mol. The van der Waals surface area contributed by atoms with Gasteiger partial charge in [-0.2, -0.15) is 11.8 Å². The third-order valence-corrected chi connectivity index (χ3v) is 18.6. The molecular weight excluding hydrogens is 1460 g/mol. The molecule has 0 bridgehead atoms. The van der Waals surface area contributed by atoms with Crippen LogP contribution in [0.15, 0.2) is 30.3 Å². The van der Waals surface area contributed by atoms with Crippen LogP contribution >= 0.6 is 11.8 Å². The van der Waals surface area contributed by atoms with E-state index < -0.39 is 235 Å². The maximum Gasteiger partial charge on any atom is 0.305 e. The second-order valence-corrected chi connectivity index (χ2v) is 28.6. The van der Waals surface area contributed by atoms with Crippen LogP contribution in [-0.2, 0) is 87.9 Å². The summed E-state index contributed by atoms with van der Waals surface area (Å²) in [5.74, 6) is -17.9. The first-order valence-corrected chi connectivity index (χ1v) is 37.8. The Kier molecular flexibility index (Phi) is 40.6. The number of aliphatic carboxylic acids is 1. The molecule has 0 aromatic heterocycles. The lowest BCUT2D eigenvalue weighted by molar-refractivity contribution is -0.142. The molecule has 0 saturated carbocycles. The molecular formula is C69H112N20O20S. The third-order valence-electron chi connectivity index (χ3n) is 17.9. The number of rotatable bonds is 48. The Morgan fingerprint density at radius 2 is 1.01 bits per heavy atom. The summed E-state index contributed by atoms with van der Waals surface area (Å²) in [6, 6.07) is -9.43. The van der Waals surface area contributed by atoms with E-state index in [2.05, 4.69) is 69.1 Å². The van der Waals surface area contributed by atoms with Crippen LogP contribution in [-0.4, -0.2) is 268 Å². The first kappa shape index (κ1) is 93.9. The molecule has 40 nitrogen and oxygen atoms in total. The van der Waals surface area contributed by atoms with E-state index in [1.165, 1.54) is 63.1 Å². The maximum absolute atomic E-state index is 14.3. The van der Waals surface area contributed by atoms with Crippen molar-refractivity contribution < 1.29 is 96.8 Å². The van der Waals surface area contributed by atoms with Crippen molar-refractivity contribution in [3.63, 3.8) is 0 Å². The second kappa shape index (κ2) is 47.6. The summed E-state index contributed by atoms with van der Waals surface area (Å²) in [5.41, 5.74) is 22.5. The van der Waals surface area contributed by atoms with Crippen molar-refractivity contribution in [1.82, 2.24) is 78.9 Å². The van der Waals surface area contributed by atoms with Gasteiger partial charge in [0.1, 0.15) is 72.5 Å². The number of nitrogens with zero attached hydrogens (tertiary/aromatic N) is 2. The number of primary amides is 2. The Labute approximate surface area is 641 Å². The van der Waals surface area contributed by atoms with Crippen LogP contribution < -0.4 is 92.1 Å². The molecule has 16 amide bonds. The van der Waals surface area contributed by atoms with Gasteiger partial charge in [-0.25, -0.2) is 0 Å². The zero-order chi connectivity index (χ0) is 82.6. The van der Waals surface area contributed by atoms with Crippen molar-refractivity contribution in [3.05, 3.63) is 35.9 Å². The van der Waals surface area contributed by atoms with Crippen molar-refractivity contribution in [2.75, 3.05) is 51.3 Å². The highest BCUT2D eigenvalue weighted by atomic mass is 32.2. The van der Waals surface area contributed by atoms with E-state index in [-0.39, 0.29) is 58.2 Å². The predicted octanol–water partition coefficient (Wildman–Crippen LogP) is -7.24. The molecule has 41 heteroatoms. The van der Waals surface area contributed by atoms with Crippen molar-refractivity contribution in [2.24, 2.45) is 34.8 Å². The Hall–Kier alpha value is -10.3. The number of hydrogen-bond acceptors (Lipinski definition) is 22. The summed E-state index contributed by atoms with van der Waals surface area (Å²) in [7, 11) is 0. The van der Waals surface area contributed by atoms with Gasteiger partial charge in [-0.3, -0.25) is 86.9 Å². The quantitative estimate of drug-likeness (QED) is 0.0164. The molecule has 3 rings (SSSR count). The summed E-state index contributed by atoms with van der Waals surface area (Å²) in [6.07, 6.45) is -1.33. The molecule has 1 aromatic carbocycles. The normalized spacial score (nSPS) is 17.2. The Bertz CT molecular complexity index is 3390. The minimum atomic E-state index is -1.95. The molecule has 0 spiro atoms. The first-order valence-electron chi connectivity index (χ1n) is 36.4. The van der Waals surface area contributed by atoms with Gasteiger partial charge in [0.2, 0.25) is 94.5 Å². The molecule has 2 saturated heterocycles. The predicted molar refractivity (Wildman–Crippen MR) is 399 cm³/mol. The van der Waals surface area contributed by atoms with Crippen LogP contribution in [0.2, 0.25) is 0 Å². The smallest absolute Gasteiger partial charge is 0.305 e. The van der Waals surface area contributed by atoms with E-state index in [4.69, 9.17) is 28.3 Å². The number of amides is 16. The number of likely N-dealkylation sites (tertiary alicyclic amines) is 2. The molecule has 0 radical (unpaired) electrons. The number of carbonyl (C=O) groups excluding carboxylic acids is 16. The summed E-state index contributed by atoms with van der Waals surface area (Å²) in [5, 5.41) is 71.2. The zero-order valence-electron chi connectivity index (χ0n) is 63.4. The molecule has 2 heterocycles. The fourth-order valence-electron chi connectivity index (χ4n) is 12.0. The summed E-state index contributed by atoms with van der Waals surface area (Å²) in [4.78, 5) is 232. The second-order valence-electron chi connectivity index (χ2n) is 27.6. The molecule has 1 aromatic rings. The summed E-state index contributed by atoms with van der Waals surface area (Å²) in [6.45, 7) is 8.55. The van der Waals surface area contributed by atoms with E-state index in [9.17, 15) is 96.8 Å². The van der Waals surface area contributed by atoms with Crippen LogP contribution in [0.1, 0.15) is 138 Å². The van der Waals surface area contributed by atoms with Gasteiger partial charge in [0.25, 0.3) is 0 Å². The highest BCUT2D eigenvalue weighted by Gasteiger charge is 2.42. The average Bonchev–Trinajstić information content (AvgIpc) is 1.73. The van der Waals surface area contributed by atoms with E-state index in [0.717, 1.165) is 6.92 Å². The molecule has 25 N–H and O–H groups in total. The number of thioether (sulfide) groups is 1. The lowest BCUT2D eigenvalue weighted by Crippen LogP contribution is -2.62. The fourth-order valence-corrected chi connectivity index (χ4v) is 12.5. The topological polar surface area (TPSA) is 642 Å². The van der Waals surface area contributed by atoms with Crippen LogP contribution in [0.4, 0.5) is 0 Å². The standard InChI is InChI=1S/C69H112N20O20S/c1-35(2)53(64(105)83-45(31-40-17-10-9-11-18-40)61(102)86-55(37(5)90)67(108)82-44(25-30-110-8)68(109)89-29-15-21-47(89)57(72)98)85-62(103)46(32-52(96)97)79-50(94)33-76-59(100)42(20-14-27-75-69(73)74)81-66(107)56(38(6)91)87-65(106)54(36(3)4)84-60(101)43(23-24-49(71)93)80-63(104)48-22-16-28-88(48)51(95)34-77-58(99)41(78-39(7)92)19-12-13-26-70/h9-11,17-18,35-38,41-48,53-56,90-91H,12-16,19-34,70H2,1-8H3,(H2,71,93)(H2,72,98)(H,76,100)(H,77,99)(H,78,92)(H,79,94)(H,80,104)(H,81,107)(H,82,108)(H,83,105)(H,84,101)(H,85,103)(H,86,102)(H,87,106)(H,96,97)(H4,73,74,75)/t37-,38-,41+,42+,43+,44+,45+,46+,47+,48+,53+,54+,55+,56+/m1/s1. The number of carboxylic acid groups (broad SMARTS) is 1. The molecule has 2 fully saturated rings. The number of carbonyl (C=O) groups is 17. The van der Waals surface area contributed by atoms with Crippen molar-refractivity contribution >= 4 is 118 Å². The number of benzene rings is 1. The number of guanidine groups is 1. The fraction of sp³-hybridized carbons (Fsp3) is 0.652. The summed E-state index contributed by atoms with van der Waals surface area (Å²) < 4.78 is 0. The van der Waals surface area contributed by atoms with Crippen molar-refractivity contribution in [1.29, 1.82) is 5.41 Å². The van der Waals surface area contributed by atoms with Gasteiger partial charge >= 0.3 is 5.97 Å². The Morgan fingerprint density at radius 3 is 1.54 bits per heavy atom. The number of hydrogen-bond donors (Lipinski definition) is 21. The minimum absolute atomic E-state index is 0.0121. The van der Waals surface area contributed by atoms with Gasteiger partial charge in [-0.1, -0.05) is 58.0 Å². The van der Waals surface area contributed by atoms with Crippen molar-refractivity contribution in [2.45, 2.75) is 223 Å². The van der Waals surface area contributed by atoms with Gasteiger partial charge in [0.05, 0.1) is 31.7 Å². The number of nitrogens with two attached hydrogens (primary N) is 4. The molecule has 14 atom stereocenters. The van der Waals surface area contributed by atoms with Gasteiger partial charge in [-0.05, 0) is 120 Å². The first-order chi connectivity index (χ1) is 51.8. The lowest BCUT2D eigenvalue weighted by Gasteiger charge is -2.30. The van der Waals surface area contributed by atoms with E-state index >= 15 is 0 Å². The van der Waals surface area contributed by atoms with Gasteiger partial charge in [0.15, 0.2) is 5.96 Å². The Balaban J connectivity index is 1.81. The van der Waals surface area contributed by atoms with Crippen LogP contribution in [0.5, 0.6) is 0 Å². The number of aliphatic hydroxyl groups is 2. The number of unbranched alkanes of at least 4 members (excludes halogenated alkanes) is 1. The zero-order valence-corrected chi connectivity index (χ0v) is 64.2. The van der Waals surface area contributed by atoms with Crippen LogP contribution in [0, 0.1) is 17.2 Å². The molecule has 0 unspecified atom stereocenters. The number of nitrogens with one attached hydrogen (secondary N) is 14. The van der Waals surface area contributed by atoms with Gasteiger partial charge < -0.3 is 117 Å². The molecule has 2 aliphatic rings. The number of carboxylic acids is 1. The average molecular weight is 1570 g/mol. The van der Waals surface area contributed by atoms with E-state index in [1.54, 1.807) is 36.6 Å². The minimum Gasteiger partial charge on any atom is -0.481 e. The van der Waals surface area contributed by atoms with Crippen LogP contribution in [0.3, 0.4) is 0 Å². The lowest BCUT2D eigenvalue weighted by atomic mass is 10.00. The summed E-state index contributed by atoms with van der Waals surface area (Å²) >= 11 is 1.37. The van der Waals surface area contributed by atoms with E-state index in [1.807, 2.05) is 0 Å². The van der Waals surface area contributed by atoms with Crippen molar-refractivity contribution in [3.8, 4) is 0 Å². The highest BCUT2D eigenvalue weighted by Crippen LogP contribution is 2.21. The maximum atomic E-state index is 14.3. The Morgan fingerprint density at radius 1 is 0.527 bits per heavy atom. The molecule has 110 heavy (non-hydrogen) atoms. The molecule has 0 aliphatic carbocycles. The third kappa shape index (κ3) is 32.1. The van der Waals surface area contributed by atoms with E-state index in [0.29, 0.717) is 50.0 Å². The van der Waals surface area contributed by atoms with Gasteiger partial charge in [-0.15, -0.1) is 0 Å². The molecule has 614 valence electrons. The molecule has 2 aliphatic heterocycles. The number of aliphatic hydroxyl groups excluding tert-OH is 2. The highest BCUT2D eigenvalue weighted by molar-refractivity contribution is 7.98. The van der Waals surface area contributed by atoms with Crippen LogP contribution in [0.25, 0.3) is 0 Å². The largest absolute Gasteiger partial charge is 0.481 e. The van der Waals surface area contributed by atoms with Gasteiger partial charge in [0, 0.05) is 39.4 Å².